The number of rotatable bonds is 5. The largest absolute Gasteiger partial charge is 0.290 e. The van der Waals surface area contributed by atoms with Crippen LogP contribution in [0.25, 0.3) is 17.6 Å². The number of aliphatic imine (C=N–C) groups is 1. The first-order chi connectivity index (χ1) is 19.2. The number of carbonyl (C=O) groups is 1. The number of aromatic nitrogens is 4. The van der Waals surface area contributed by atoms with Gasteiger partial charge < -0.3 is 0 Å². The molecule has 0 radical (unpaired) electrons. The molecule has 6 heterocycles. The zero-order chi connectivity index (χ0) is 26.3. The lowest BCUT2D eigenvalue weighted by Gasteiger charge is -2.23. The molecule has 0 aliphatic carbocycles. The minimum atomic E-state index is -0.242. The number of aryl methyl sites for hydroxylation is 1. The predicted molar refractivity (Wildman–Crippen MR) is 158 cm³/mol. The lowest BCUT2D eigenvalue weighted by atomic mass is 10.0. The summed E-state index contributed by atoms with van der Waals surface area (Å²) in [5, 5.41) is 16.6. The average Bonchev–Trinajstić information content (AvgIpc) is 3.78. The van der Waals surface area contributed by atoms with Crippen LogP contribution in [0.15, 0.2) is 99.1 Å². The van der Waals surface area contributed by atoms with Crippen LogP contribution in [-0.2, 0) is 4.79 Å². The summed E-state index contributed by atoms with van der Waals surface area (Å²) in [5.74, 6) is 0.645. The van der Waals surface area contributed by atoms with Gasteiger partial charge in [-0.3, -0.25) is 9.36 Å². The van der Waals surface area contributed by atoms with E-state index in [2.05, 4.69) is 21.4 Å². The number of amides is 1. The van der Waals surface area contributed by atoms with Gasteiger partial charge in [0, 0.05) is 29.3 Å². The number of hydrazone groups is 1. The molecule has 39 heavy (non-hydrogen) atoms. The molecular weight excluding hydrogens is 547 g/mol. The highest BCUT2D eigenvalue weighted by Crippen LogP contribution is 2.43. The Balaban J connectivity index is 1.35. The van der Waals surface area contributed by atoms with E-state index in [1.165, 1.54) is 11.8 Å². The lowest BCUT2D eigenvalue weighted by molar-refractivity contribution is -0.113. The maximum absolute atomic E-state index is 13.0. The Hall–Kier alpha value is -4.06. The first kappa shape index (κ1) is 24.0. The zero-order valence-electron chi connectivity index (χ0n) is 20.7. The van der Waals surface area contributed by atoms with Crippen LogP contribution in [-0.4, -0.2) is 41.1 Å². The molecule has 2 aliphatic heterocycles. The molecule has 0 bridgehead atoms. The van der Waals surface area contributed by atoms with Crippen molar-refractivity contribution in [3.8, 4) is 11.5 Å². The second-order valence-corrected chi connectivity index (χ2v) is 11.9. The quantitative estimate of drug-likeness (QED) is 0.233. The van der Waals surface area contributed by atoms with Gasteiger partial charge in [0.1, 0.15) is 12.1 Å². The Labute approximate surface area is 236 Å². The number of nitrogens with zero attached hydrogens (tertiary/aromatic N) is 7. The van der Waals surface area contributed by atoms with Gasteiger partial charge >= 0.3 is 0 Å². The predicted octanol–water partition coefficient (Wildman–Crippen LogP) is 6.31. The number of imidazole rings is 1. The molecule has 1 amide bonds. The van der Waals surface area contributed by atoms with Crippen LogP contribution in [0.1, 0.15) is 33.5 Å². The molecule has 1 unspecified atom stereocenters. The highest BCUT2D eigenvalue weighted by molar-refractivity contribution is 8.18. The van der Waals surface area contributed by atoms with E-state index in [1.54, 1.807) is 35.2 Å². The Kier molecular flexibility index (Phi) is 6.11. The minimum absolute atomic E-state index is 0.211. The van der Waals surface area contributed by atoms with Gasteiger partial charge in [0.25, 0.3) is 5.91 Å². The van der Waals surface area contributed by atoms with Crippen molar-refractivity contribution >= 4 is 57.3 Å². The molecule has 0 spiro atoms. The van der Waals surface area contributed by atoms with Crippen LogP contribution in [0.4, 0.5) is 0 Å². The van der Waals surface area contributed by atoms with Gasteiger partial charge in [0.2, 0.25) is 0 Å². The van der Waals surface area contributed by atoms with E-state index in [0.717, 1.165) is 38.2 Å². The summed E-state index contributed by atoms with van der Waals surface area (Å²) in [4.78, 5) is 24.5. The SMILES string of the molecule is Cc1nn(-c2ccccc2)c(-n2ccnc2)c1C1CC(c2cccs2)=NN1C1=NC(=O)/C(=C/c2cccs2)S1. The molecule has 0 fully saturated rings. The van der Waals surface area contributed by atoms with Gasteiger partial charge in [0.05, 0.1) is 32.9 Å². The fourth-order valence-corrected chi connectivity index (χ4v) is 7.16. The molecule has 1 aromatic carbocycles. The third kappa shape index (κ3) is 4.38. The third-order valence-electron chi connectivity index (χ3n) is 6.50. The van der Waals surface area contributed by atoms with Gasteiger partial charge in [-0.1, -0.05) is 30.3 Å². The van der Waals surface area contributed by atoms with E-state index in [0.29, 0.717) is 16.5 Å². The maximum atomic E-state index is 13.0. The number of thioether (sulfide) groups is 1. The molecule has 8 nitrogen and oxygen atoms in total. The van der Waals surface area contributed by atoms with Crippen LogP contribution in [0.3, 0.4) is 0 Å². The number of hydrogen-bond acceptors (Lipinski definition) is 8. The Morgan fingerprint density at radius 1 is 1.03 bits per heavy atom. The van der Waals surface area contributed by atoms with Gasteiger partial charge in [-0.05, 0) is 59.8 Å². The van der Waals surface area contributed by atoms with Crippen molar-refractivity contribution in [3.05, 3.63) is 110 Å². The van der Waals surface area contributed by atoms with Crippen LogP contribution < -0.4 is 0 Å². The summed E-state index contributed by atoms with van der Waals surface area (Å²) in [5.41, 5.74) is 3.80. The van der Waals surface area contributed by atoms with Crippen molar-refractivity contribution in [1.82, 2.24) is 24.3 Å². The summed E-state index contributed by atoms with van der Waals surface area (Å²) in [6.07, 6.45) is 8.03. The summed E-state index contributed by atoms with van der Waals surface area (Å²) >= 11 is 4.62. The minimum Gasteiger partial charge on any atom is -0.290 e. The summed E-state index contributed by atoms with van der Waals surface area (Å²) in [6, 6.07) is 17.9. The molecule has 1 atom stereocenters. The standard InChI is InChI=1S/C28H21N7OS3/c1-18-25(27(33-12-11-29-17-33)34(31-18)19-7-3-2-4-8-19)22-16-21(23-10-6-14-38-23)32-35(22)28-30-26(36)24(39-28)15-20-9-5-13-37-20/h2-15,17,22H,16H2,1H3/b24-15-. The topological polar surface area (TPSA) is 80.7 Å². The third-order valence-corrected chi connectivity index (χ3v) is 9.21. The number of hydrogen-bond donors (Lipinski definition) is 0. The molecule has 0 saturated carbocycles. The molecule has 11 heteroatoms. The van der Waals surface area contributed by atoms with Crippen molar-refractivity contribution in [2.24, 2.45) is 10.1 Å². The van der Waals surface area contributed by atoms with Crippen molar-refractivity contribution in [3.63, 3.8) is 0 Å². The summed E-state index contributed by atoms with van der Waals surface area (Å²) in [6.45, 7) is 2.02. The smallest absolute Gasteiger partial charge is 0.286 e. The van der Waals surface area contributed by atoms with Crippen LogP contribution in [0, 0.1) is 6.92 Å². The zero-order valence-corrected chi connectivity index (χ0v) is 23.2. The van der Waals surface area contributed by atoms with Gasteiger partial charge in [0.15, 0.2) is 5.17 Å². The molecule has 192 valence electrons. The molecule has 7 rings (SSSR count). The highest BCUT2D eigenvalue weighted by atomic mass is 32.2. The van der Waals surface area contributed by atoms with E-state index >= 15 is 0 Å². The monoisotopic (exact) mass is 567 g/mol. The number of amidine groups is 1. The van der Waals surface area contributed by atoms with Crippen molar-refractivity contribution in [1.29, 1.82) is 0 Å². The Bertz CT molecular complexity index is 1730. The lowest BCUT2D eigenvalue weighted by Crippen LogP contribution is -2.25. The van der Waals surface area contributed by atoms with Crippen LogP contribution in [0.2, 0.25) is 0 Å². The second kappa shape index (κ2) is 9.92. The fraction of sp³-hybridized carbons (Fsp3) is 0.107. The number of thiophene rings is 2. The van der Waals surface area contributed by atoms with E-state index < -0.39 is 0 Å². The number of para-hydroxylation sites is 1. The molecule has 0 saturated heterocycles. The normalized spacial score (nSPS) is 18.3. The van der Waals surface area contributed by atoms with Crippen LogP contribution >= 0.6 is 34.4 Å². The first-order valence-corrected chi connectivity index (χ1v) is 14.8. The fourth-order valence-electron chi connectivity index (χ4n) is 4.80. The Morgan fingerprint density at radius 3 is 2.62 bits per heavy atom. The van der Waals surface area contributed by atoms with E-state index in [9.17, 15) is 4.79 Å². The average molecular weight is 568 g/mol. The molecule has 2 aliphatic rings. The number of carbonyl (C=O) groups excluding carboxylic acids is 1. The Morgan fingerprint density at radius 2 is 1.87 bits per heavy atom. The van der Waals surface area contributed by atoms with E-state index in [4.69, 9.17) is 10.2 Å². The van der Waals surface area contributed by atoms with Gasteiger partial charge in [-0.25, -0.2) is 14.7 Å². The summed E-state index contributed by atoms with van der Waals surface area (Å²) in [7, 11) is 0. The van der Waals surface area contributed by atoms with Crippen molar-refractivity contribution in [2.75, 3.05) is 0 Å². The summed E-state index contributed by atoms with van der Waals surface area (Å²) < 4.78 is 3.94. The first-order valence-electron chi connectivity index (χ1n) is 12.3. The van der Waals surface area contributed by atoms with Gasteiger partial charge in [-0.2, -0.15) is 15.2 Å². The maximum Gasteiger partial charge on any atom is 0.286 e. The molecule has 5 aromatic rings. The van der Waals surface area contributed by atoms with E-state index in [1.807, 2.05) is 87.4 Å². The van der Waals surface area contributed by atoms with Crippen molar-refractivity contribution < 1.29 is 4.79 Å². The van der Waals surface area contributed by atoms with Gasteiger partial charge in [-0.15, -0.1) is 22.7 Å². The molecular formula is C28H21N7OS3. The van der Waals surface area contributed by atoms with Crippen molar-refractivity contribution in [2.45, 2.75) is 19.4 Å². The second-order valence-electron chi connectivity index (χ2n) is 8.95. The number of benzene rings is 1. The molecule has 4 aromatic heterocycles. The highest BCUT2D eigenvalue weighted by Gasteiger charge is 2.40. The molecule has 0 N–H and O–H groups in total. The van der Waals surface area contributed by atoms with Crippen LogP contribution in [0.5, 0.6) is 0 Å². The van der Waals surface area contributed by atoms with E-state index in [-0.39, 0.29) is 11.9 Å².